The summed E-state index contributed by atoms with van der Waals surface area (Å²) in [6.45, 7) is 1.27. The number of benzene rings is 1. The highest BCUT2D eigenvalue weighted by Gasteiger charge is 2.28. The molecule has 112 valence electrons. The molecule has 1 amide bonds. The fourth-order valence-corrected chi connectivity index (χ4v) is 2.20. The summed E-state index contributed by atoms with van der Waals surface area (Å²) in [6, 6.07) is 4.09. The molecule has 1 aromatic rings. The number of carbonyl (C=O) groups excluding carboxylic acids is 1. The Morgan fingerprint density at radius 2 is 2.38 bits per heavy atom. The van der Waals surface area contributed by atoms with Crippen LogP contribution in [-0.2, 0) is 16.1 Å². The zero-order chi connectivity index (χ0) is 15.2. The van der Waals surface area contributed by atoms with Crippen molar-refractivity contribution in [2.75, 3.05) is 26.4 Å². The molecule has 1 unspecified atom stereocenters. The van der Waals surface area contributed by atoms with Gasteiger partial charge in [0, 0.05) is 24.2 Å². The van der Waals surface area contributed by atoms with E-state index in [1.54, 1.807) is 12.1 Å². The molecule has 5 nitrogen and oxygen atoms in total. The average Bonchev–Trinajstić information content (AvgIpc) is 2.48. The highest BCUT2D eigenvalue weighted by molar-refractivity contribution is 5.80. The fourth-order valence-electron chi connectivity index (χ4n) is 2.20. The second kappa shape index (κ2) is 7.18. The van der Waals surface area contributed by atoms with Gasteiger partial charge < -0.3 is 15.6 Å². The molecular weight excluding hydrogens is 275 g/mol. The Hall–Kier alpha value is -1.94. The monoisotopic (exact) mass is 292 g/mol. The maximum Gasteiger partial charge on any atom is 0.237 e. The number of hydrogen-bond acceptors (Lipinski definition) is 4. The van der Waals surface area contributed by atoms with Crippen molar-refractivity contribution in [2.45, 2.75) is 12.6 Å². The molecule has 1 atom stereocenters. The first-order valence-corrected chi connectivity index (χ1v) is 6.61. The van der Waals surface area contributed by atoms with E-state index >= 15 is 0 Å². The van der Waals surface area contributed by atoms with Crippen molar-refractivity contribution in [3.8, 4) is 11.8 Å². The zero-order valence-electron chi connectivity index (χ0n) is 11.5. The minimum Gasteiger partial charge on any atom is -0.384 e. The number of primary amides is 1. The van der Waals surface area contributed by atoms with Crippen LogP contribution in [0.5, 0.6) is 0 Å². The van der Waals surface area contributed by atoms with E-state index in [0.29, 0.717) is 24.3 Å². The van der Waals surface area contributed by atoms with Crippen LogP contribution in [0.1, 0.15) is 11.1 Å². The van der Waals surface area contributed by atoms with Crippen LogP contribution in [0.2, 0.25) is 0 Å². The van der Waals surface area contributed by atoms with Gasteiger partial charge in [0.05, 0.1) is 13.2 Å². The summed E-state index contributed by atoms with van der Waals surface area (Å²) in [4.78, 5) is 13.2. The molecule has 1 aliphatic heterocycles. The quantitative estimate of drug-likeness (QED) is 0.760. The van der Waals surface area contributed by atoms with E-state index in [2.05, 4.69) is 11.8 Å². The van der Waals surface area contributed by atoms with Gasteiger partial charge in [-0.3, -0.25) is 9.69 Å². The molecule has 0 spiro atoms. The Morgan fingerprint density at radius 3 is 3.05 bits per heavy atom. The summed E-state index contributed by atoms with van der Waals surface area (Å²) in [5.74, 6) is 4.24. The topological polar surface area (TPSA) is 75.8 Å². The maximum absolute atomic E-state index is 14.1. The standard InChI is InChI=1S/C15H17FN2O3/c16-13-8-11(2-1-6-19)3-4-12(13)9-18-5-7-21-10-14(18)15(17)20/h3-4,8,14,19H,5-7,9-10H2,(H2,17,20). The smallest absolute Gasteiger partial charge is 0.237 e. The number of nitrogens with two attached hydrogens (primary N) is 1. The third-order valence-corrected chi connectivity index (χ3v) is 3.31. The first kappa shape index (κ1) is 15.4. The third-order valence-electron chi connectivity index (χ3n) is 3.31. The fraction of sp³-hybridized carbons (Fsp3) is 0.400. The largest absolute Gasteiger partial charge is 0.384 e. The molecule has 1 aliphatic rings. The second-order valence-electron chi connectivity index (χ2n) is 4.73. The lowest BCUT2D eigenvalue weighted by molar-refractivity contribution is -0.129. The van der Waals surface area contributed by atoms with Gasteiger partial charge in [0.2, 0.25) is 5.91 Å². The summed E-state index contributed by atoms with van der Waals surface area (Å²) in [5, 5.41) is 8.62. The van der Waals surface area contributed by atoms with E-state index in [4.69, 9.17) is 15.6 Å². The van der Waals surface area contributed by atoms with Crippen LogP contribution in [0.15, 0.2) is 18.2 Å². The molecule has 3 N–H and O–H groups in total. The number of amides is 1. The number of ether oxygens (including phenoxy) is 1. The van der Waals surface area contributed by atoms with Crippen LogP contribution in [-0.4, -0.2) is 48.3 Å². The minimum absolute atomic E-state index is 0.233. The number of halogens is 1. The van der Waals surface area contributed by atoms with Gasteiger partial charge in [0.25, 0.3) is 0 Å². The van der Waals surface area contributed by atoms with Gasteiger partial charge >= 0.3 is 0 Å². The first-order valence-electron chi connectivity index (χ1n) is 6.61. The third kappa shape index (κ3) is 4.02. The molecule has 1 aromatic carbocycles. The molecule has 2 rings (SSSR count). The summed E-state index contributed by atoms with van der Waals surface area (Å²) in [5.41, 5.74) is 6.30. The minimum atomic E-state index is -0.535. The maximum atomic E-state index is 14.1. The molecule has 0 aromatic heterocycles. The predicted molar refractivity (Wildman–Crippen MR) is 74.6 cm³/mol. The molecule has 0 saturated carbocycles. The number of carbonyl (C=O) groups is 1. The molecule has 21 heavy (non-hydrogen) atoms. The Bertz CT molecular complexity index is 580. The van der Waals surface area contributed by atoms with Crippen molar-refractivity contribution < 1.29 is 19.0 Å². The van der Waals surface area contributed by atoms with Gasteiger partial charge in [0.15, 0.2) is 0 Å². The zero-order valence-corrected chi connectivity index (χ0v) is 11.5. The van der Waals surface area contributed by atoms with Crippen molar-refractivity contribution >= 4 is 5.91 Å². The van der Waals surface area contributed by atoms with Crippen LogP contribution in [0.4, 0.5) is 4.39 Å². The number of aliphatic hydroxyl groups is 1. The van der Waals surface area contributed by atoms with E-state index in [-0.39, 0.29) is 19.8 Å². The summed E-state index contributed by atoms with van der Waals surface area (Å²) < 4.78 is 19.3. The van der Waals surface area contributed by atoms with Crippen molar-refractivity contribution in [1.82, 2.24) is 4.90 Å². The van der Waals surface area contributed by atoms with Crippen molar-refractivity contribution in [3.63, 3.8) is 0 Å². The number of aliphatic hydroxyl groups excluding tert-OH is 1. The molecule has 0 radical (unpaired) electrons. The second-order valence-corrected chi connectivity index (χ2v) is 4.73. The van der Waals surface area contributed by atoms with E-state index in [0.717, 1.165) is 0 Å². The highest BCUT2D eigenvalue weighted by atomic mass is 19.1. The molecule has 1 fully saturated rings. The van der Waals surface area contributed by atoms with Crippen LogP contribution in [0.25, 0.3) is 0 Å². The molecule has 0 bridgehead atoms. The van der Waals surface area contributed by atoms with Gasteiger partial charge in [0.1, 0.15) is 18.5 Å². The number of rotatable bonds is 3. The van der Waals surface area contributed by atoms with E-state index < -0.39 is 17.8 Å². The predicted octanol–water partition coefficient (Wildman–Crippen LogP) is -0.144. The molecule has 6 heteroatoms. The lowest BCUT2D eigenvalue weighted by atomic mass is 10.1. The number of hydrogen-bond donors (Lipinski definition) is 2. The Balaban J connectivity index is 2.13. The van der Waals surface area contributed by atoms with Crippen LogP contribution >= 0.6 is 0 Å². The molecule has 0 aliphatic carbocycles. The number of nitrogens with zero attached hydrogens (tertiary/aromatic N) is 1. The van der Waals surface area contributed by atoms with Crippen molar-refractivity contribution in [3.05, 3.63) is 35.1 Å². The lowest BCUT2D eigenvalue weighted by Gasteiger charge is -2.33. The van der Waals surface area contributed by atoms with Gasteiger partial charge in [-0.25, -0.2) is 4.39 Å². The summed E-state index contributed by atoms with van der Waals surface area (Å²) in [7, 11) is 0. The van der Waals surface area contributed by atoms with Crippen molar-refractivity contribution in [1.29, 1.82) is 0 Å². The highest BCUT2D eigenvalue weighted by Crippen LogP contribution is 2.16. The Kier molecular flexibility index (Phi) is 5.28. The van der Waals surface area contributed by atoms with Gasteiger partial charge in [-0.2, -0.15) is 0 Å². The summed E-state index contributed by atoms with van der Waals surface area (Å²) in [6.07, 6.45) is 0. The summed E-state index contributed by atoms with van der Waals surface area (Å²) >= 11 is 0. The Morgan fingerprint density at radius 1 is 1.57 bits per heavy atom. The van der Waals surface area contributed by atoms with E-state index in [9.17, 15) is 9.18 Å². The first-order chi connectivity index (χ1) is 10.1. The van der Waals surface area contributed by atoms with Crippen LogP contribution in [0, 0.1) is 17.7 Å². The van der Waals surface area contributed by atoms with Gasteiger partial charge in [-0.1, -0.05) is 17.9 Å². The van der Waals surface area contributed by atoms with E-state index in [1.807, 2.05) is 4.90 Å². The van der Waals surface area contributed by atoms with Gasteiger partial charge in [-0.05, 0) is 12.1 Å². The van der Waals surface area contributed by atoms with Crippen LogP contribution in [0.3, 0.4) is 0 Å². The average molecular weight is 292 g/mol. The molecule has 1 heterocycles. The van der Waals surface area contributed by atoms with Gasteiger partial charge in [-0.15, -0.1) is 0 Å². The lowest BCUT2D eigenvalue weighted by Crippen LogP contribution is -2.51. The van der Waals surface area contributed by atoms with Crippen molar-refractivity contribution in [2.24, 2.45) is 5.73 Å². The van der Waals surface area contributed by atoms with E-state index in [1.165, 1.54) is 6.07 Å². The SMILES string of the molecule is NC(=O)C1COCCN1Cc1ccc(C#CCO)cc1F. The Labute approximate surface area is 122 Å². The molecule has 1 saturated heterocycles. The molecular formula is C15H17FN2O3. The normalized spacial score (nSPS) is 18.9. The number of morpholine rings is 1. The van der Waals surface area contributed by atoms with Crippen LogP contribution < -0.4 is 5.73 Å².